The van der Waals surface area contributed by atoms with Gasteiger partial charge in [-0.15, -0.1) is 0 Å². The summed E-state index contributed by atoms with van der Waals surface area (Å²) in [6, 6.07) is 7.88. The standard InChI is InChI=1S/C11H9N3OS/c1-8-2-4-9(5-3-8)11-13-10(15-14-11)6-16-7-12/h2-5H,6H2,1H3. The van der Waals surface area contributed by atoms with Crippen molar-refractivity contribution in [3.63, 3.8) is 0 Å². The summed E-state index contributed by atoms with van der Waals surface area (Å²) in [5.74, 6) is 1.46. The summed E-state index contributed by atoms with van der Waals surface area (Å²) in [5, 5.41) is 14.2. The number of hydrogen-bond donors (Lipinski definition) is 0. The highest BCUT2D eigenvalue weighted by molar-refractivity contribution is 8.02. The number of thioether (sulfide) groups is 1. The summed E-state index contributed by atoms with van der Waals surface area (Å²) >= 11 is 1.08. The number of hydrogen-bond acceptors (Lipinski definition) is 5. The molecule has 0 atom stereocenters. The van der Waals surface area contributed by atoms with Crippen molar-refractivity contribution in [3.8, 4) is 16.8 Å². The van der Waals surface area contributed by atoms with Gasteiger partial charge in [0, 0.05) is 5.56 Å². The first-order valence-corrected chi connectivity index (χ1v) is 5.68. The normalized spacial score (nSPS) is 10.0. The highest BCUT2D eigenvalue weighted by Gasteiger charge is 2.07. The van der Waals surface area contributed by atoms with E-state index < -0.39 is 0 Å². The summed E-state index contributed by atoms with van der Waals surface area (Å²) in [6.45, 7) is 2.02. The van der Waals surface area contributed by atoms with Crippen LogP contribution in [0.5, 0.6) is 0 Å². The van der Waals surface area contributed by atoms with Gasteiger partial charge in [0.05, 0.1) is 5.75 Å². The Balaban J connectivity index is 2.18. The van der Waals surface area contributed by atoms with Gasteiger partial charge >= 0.3 is 0 Å². The molecule has 0 aliphatic heterocycles. The van der Waals surface area contributed by atoms with Crippen molar-refractivity contribution < 1.29 is 4.52 Å². The Morgan fingerprint density at radius 2 is 2.12 bits per heavy atom. The fourth-order valence-corrected chi connectivity index (χ4v) is 1.53. The number of nitrogens with zero attached hydrogens (tertiary/aromatic N) is 3. The van der Waals surface area contributed by atoms with Crippen LogP contribution in [-0.4, -0.2) is 10.1 Å². The second kappa shape index (κ2) is 4.81. The van der Waals surface area contributed by atoms with Crippen LogP contribution in [0.15, 0.2) is 28.8 Å². The molecule has 0 saturated heterocycles. The number of aryl methyl sites for hydroxylation is 1. The summed E-state index contributed by atoms with van der Waals surface area (Å²) in [6.07, 6.45) is 0. The molecule has 2 rings (SSSR count). The second-order valence-corrected chi connectivity index (χ2v) is 4.02. The van der Waals surface area contributed by atoms with Crippen molar-refractivity contribution in [3.05, 3.63) is 35.7 Å². The van der Waals surface area contributed by atoms with Gasteiger partial charge in [-0.2, -0.15) is 10.2 Å². The number of aromatic nitrogens is 2. The fourth-order valence-electron chi connectivity index (χ4n) is 1.23. The minimum Gasteiger partial charge on any atom is -0.338 e. The molecule has 0 bridgehead atoms. The zero-order chi connectivity index (χ0) is 11.4. The lowest BCUT2D eigenvalue weighted by atomic mass is 10.1. The maximum absolute atomic E-state index is 8.41. The van der Waals surface area contributed by atoms with Gasteiger partial charge in [-0.25, -0.2) is 0 Å². The molecule has 0 aliphatic rings. The number of benzene rings is 1. The molecule has 80 valence electrons. The lowest BCUT2D eigenvalue weighted by Crippen LogP contribution is -1.82. The van der Waals surface area contributed by atoms with Crippen LogP contribution in [0.25, 0.3) is 11.4 Å². The predicted molar refractivity (Wildman–Crippen MR) is 61.4 cm³/mol. The van der Waals surface area contributed by atoms with E-state index in [-0.39, 0.29) is 0 Å². The zero-order valence-corrected chi connectivity index (χ0v) is 9.49. The topological polar surface area (TPSA) is 62.7 Å². The lowest BCUT2D eigenvalue weighted by molar-refractivity contribution is 0.392. The predicted octanol–water partition coefficient (Wildman–Crippen LogP) is 2.76. The maximum atomic E-state index is 8.41. The Labute approximate surface area is 97.3 Å². The van der Waals surface area contributed by atoms with Crippen molar-refractivity contribution in [2.45, 2.75) is 12.7 Å². The van der Waals surface area contributed by atoms with E-state index >= 15 is 0 Å². The van der Waals surface area contributed by atoms with Crippen LogP contribution < -0.4 is 0 Å². The van der Waals surface area contributed by atoms with Crippen molar-refractivity contribution in [2.75, 3.05) is 0 Å². The van der Waals surface area contributed by atoms with Gasteiger partial charge in [0.15, 0.2) is 0 Å². The smallest absolute Gasteiger partial charge is 0.238 e. The van der Waals surface area contributed by atoms with Gasteiger partial charge in [-0.3, -0.25) is 0 Å². The van der Waals surface area contributed by atoms with Crippen LogP contribution in [0.1, 0.15) is 11.5 Å². The van der Waals surface area contributed by atoms with E-state index in [1.165, 1.54) is 5.56 Å². The molecule has 1 aromatic carbocycles. The van der Waals surface area contributed by atoms with Gasteiger partial charge in [0.2, 0.25) is 11.7 Å². The van der Waals surface area contributed by atoms with E-state index in [2.05, 4.69) is 10.1 Å². The Morgan fingerprint density at radius 1 is 1.38 bits per heavy atom. The third-order valence-corrected chi connectivity index (χ3v) is 2.56. The fraction of sp³-hybridized carbons (Fsp3) is 0.182. The zero-order valence-electron chi connectivity index (χ0n) is 8.67. The lowest BCUT2D eigenvalue weighted by Gasteiger charge is -1.94. The third kappa shape index (κ3) is 2.41. The van der Waals surface area contributed by atoms with Crippen molar-refractivity contribution in [1.29, 1.82) is 5.26 Å². The first kappa shape index (κ1) is 10.7. The molecule has 0 radical (unpaired) electrons. The average Bonchev–Trinajstić information content (AvgIpc) is 2.76. The Hall–Kier alpha value is -1.80. The first-order valence-electron chi connectivity index (χ1n) is 4.70. The number of nitriles is 1. The molecule has 0 spiro atoms. The molecule has 4 nitrogen and oxygen atoms in total. The van der Waals surface area contributed by atoms with Gasteiger partial charge in [0.1, 0.15) is 5.40 Å². The number of rotatable bonds is 3. The molecule has 2 aromatic rings. The van der Waals surface area contributed by atoms with Crippen LogP contribution in [-0.2, 0) is 5.75 Å². The molecular weight excluding hydrogens is 222 g/mol. The highest BCUT2D eigenvalue weighted by atomic mass is 32.2. The molecule has 0 aliphatic carbocycles. The Kier molecular flexibility index (Phi) is 3.22. The molecule has 0 N–H and O–H groups in total. The van der Waals surface area contributed by atoms with Crippen LogP contribution in [0, 0.1) is 17.6 Å². The summed E-state index contributed by atoms with van der Waals surface area (Å²) < 4.78 is 5.02. The van der Waals surface area contributed by atoms with Crippen molar-refractivity contribution in [1.82, 2.24) is 10.1 Å². The molecule has 0 fully saturated rings. The molecule has 0 saturated carbocycles. The highest BCUT2D eigenvalue weighted by Crippen LogP contribution is 2.17. The largest absolute Gasteiger partial charge is 0.338 e. The van der Waals surface area contributed by atoms with Gasteiger partial charge in [-0.05, 0) is 18.7 Å². The molecule has 5 heteroatoms. The van der Waals surface area contributed by atoms with E-state index in [1.54, 1.807) is 0 Å². The van der Waals surface area contributed by atoms with E-state index in [9.17, 15) is 0 Å². The second-order valence-electron chi connectivity index (χ2n) is 3.26. The van der Waals surface area contributed by atoms with E-state index in [0.717, 1.165) is 17.3 Å². The summed E-state index contributed by atoms with van der Waals surface area (Å²) in [5.41, 5.74) is 2.11. The minimum atomic E-state index is 0.426. The van der Waals surface area contributed by atoms with Crippen LogP contribution >= 0.6 is 11.8 Å². The van der Waals surface area contributed by atoms with E-state index in [0.29, 0.717) is 17.5 Å². The van der Waals surface area contributed by atoms with Gasteiger partial charge in [0.25, 0.3) is 0 Å². The monoisotopic (exact) mass is 231 g/mol. The van der Waals surface area contributed by atoms with Crippen LogP contribution in [0.2, 0.25) is 0 Å². The Bertz CT molecular complexity index is 513. The van der Waals surface area contributed by atoms with Crippen molar-refractivity contribution >= 4 is 11.8 Å². The quantitative estimate of drug-likeness (QED) is 0.760. The average molecular weight is 231 g/mol. The van der Waals surface area contributed by atoms with E-state index in [4.69, 9.17) is 9.78 Å². The molecule has 16 heavy (non-hydrogen) atoms. The minimum absolute atomic E-state index is 0.426. The molecule has 0 amide bonds. The maximum Gasteiger partial charge on any atom is 0.238 e. The van der Waals surface area contributed by atoms with Gasteiger partial charge in [-0.1, -0.05) is 35.0 Å². The molecule has 1 aromatic heterocycles. The first-order chi connectivity index (χ1) is 7.79. The van der Waals surface area contributed by atoms with Crippen LogP contribution in [0.3, 0.4) is 0 Å². The van der Waals surface area contributed by atoms with Crippen LogP contribution in [0.4, 0.5) is 0 Å². The molecular formula is C11H9N3OS. The SMILES string of the molecule is Cc1ccc(-c2noc(CSC#N)n2)cc1. The molecule has 1 heterocycles. The van der Waals surface area contributed by atoms with Crippen molar-refractivity contribution in [2.24, 2.45) is 0 Å². The van der Waals surface area contributed by atoms with Gasteiger partial charge < -0.3 is 4.52 Å². The third-order valence-electron chi connectivity index (χ3n) is 2.04. The number of thiocyanates is 1. The van der Waals surface area contributed by atoms with E-state index in [1.807, 2.05) is 36.6 Å². The Morgan fingerprint density at radius 3 is 2.81 bits per heavy atom. The molecule has 0 unspecified atom stereocenters. The summed E-state index contributed by atoms with van der Waals surface area (Å²) in [7, 11) is 0. The summed E-state index contributed by atoms with van der Waals surface area (Å²) in [4.78, 5) is 4.20.